The van der Waals surface area contributed by atoms with Gasteiger partial charge in [-0.05, 0) is 17.7 Å². The molecule has 0 aliphatic carbocycles. The van der Waals surface area contributed by atoms with Crippen LogP contribution in [0.4, 0.5) is 10.5 Å². The summed E-state index contributed by atoms with van der Waals surface area (Å²) in [6.45, 7) is 3.21. The third-order valence-electron chi connectivity index (χ3n) is 6.33. The van der Waals surface area contributed by atoms with Gasteiger partial charge in [0.25, 0.3) is 0 Å². The first-order valence-corrected chi connectivity index (χ1v) is 12.6. The molecule has 1 unspecified atom stereocenters. The first kappa shape index (κ1) is 27.8. The minimum absolute atomic E-state index is 0.0153. The van der Waals surface area contributed by atoms with E-state index in [0.717, 1.165) is 11.1 Å². The average Bonchev–Trinajstić information content (AvgIpc) is 3.00. The number of benzene rings is 3. The number of nitriles is 1. The molecule has 4 rings (SSSR count). The molecule has 1 aliphatic rings. The second kappa shape index (κ2) is 13.0. The summed E-state index contributed by atoms with van der Waals surface area (Å²) in [4.78, 5) is 45.6. The van der Waals surface area contributed by atoms with Crippen molar-refractivity contribution in [1.82, 2.24) is 9.80 Å². The molecular formula is C31H28N4O5. The minimum atomic E-state index is -1.03. The maximum atomic E-state index is 13.1. The molecular weight excluding hydrogens is 508 g/mol. The van der Waals surface area contributed by atoms with Crippen molar-refractivity contribution in [2.45, 2.75) is 12.6 Å². The van der Waals surface area contributed by atoms with Crippen LogP contribution in [-0.4, -0.2) is 66.3 Å². The Balaban J connectivity index is 1.68. The van der Waals surface area contributed by atoms with Crippen LogP contribution in [0.5, 0.6) is 0 Å². The number of hydrogen-bond donors (Lipinski definition) is 0. The van der Waals surface area contributed by atoms with Gasteiger partial charge in [0.05, 0.1) is 30.6 Å². The van der Waals surface area contributed by atoms with Gasteiger partial charge in [-0.15, -0.1) is 0 Å². The highest BCUT2D eigenvalue weighted by Gasteiger charge is 2.40. The molecule has 1 fully saturated rings. The predicted molar refractivity (Wildman–Crippen MR) is 149 cm³/mol. The molecule has 0 saturated carbocycles. The lowest BCUT2D eigenvalue weighted by Crippen LogP contribution is -2.60. The number of carbonyl (C=O) groups is 3. The van der Waals surface area contributed by atoms with Crippen molar-refractivity contribution in [3.63, 3.8) is 0 Å². The average molecular weight is 537 g/mol. The smallest absolute Gasteiger partial charge is 0.410 e. The molecule has 0 radical (unpaired) electrons. The first-order valence-electron chi connectivity index (χ1n) is 12.6. The molecule has 2 amide bonds. The van der Waals surface area contributed by atoms with Gasteiger partial charge in [-0.3, -0.25) is 9.69 Å². The van der Waals surface area contributed by atoms with Crippen LogP contribution in [0.15, 0.2) is 96.5 Å². The monoisotopic (exact) mass is 536 g/mol. The fourth-order valence-corrected chi connectivity index (χ4v) is 4.36. The van der Waals surface area contributed by atoms with Crippen LogP contribution in [0.3, 0.4) is 0 Å². The fraction of sp³-hybridized carbons (Fsp3) is 0.194. The predicted octanol–water partition coefficient (Wildman–Crippen LogP) is 4.24. The Morgan fingerprint density at radius 3 is 2.30 bits per heavy atom. The third-order valence-corrected chi connectivity index (χ3v) is 6.33. The molecule has 40 heavy (non-hydrogen) atoms. The lowest BCUT2D eigenvalue weighted by atomic mass is 10.0. The number of rotatable bonds is 8. The summed E-state index contributed by atoms with van der Waals surface area (Å²) < 4.78 is 9.98. The SMILES string of the molecule is C=CCOC(=O)N1CC(=O)N(Cc2ccc(C#N)c(N=C(c3ccccc3)c3ccccc3)c2)C(C(=O)OC)C1. The van der Waals surface area contributed by atoms with E-state index in [2.05, 4.69) is 12.6 Å². The van der Waals surface area contributed by atoms with Crippen molar-refractivity contribution in [2.75, 3.05) is 26.8 Å². The Labute approximate surface area is 232 Å². The maximum absolute atomic E-state index is 13.1. The number of hydrogen-bond acceptors (Lipinski definition) is 7. The number of ether oxygens (including phenoxy) is 2. The molecule has 1 saturated heterocycles. The molecule has 0 bridgehead atoms. The summed E-state index contributed by atoms with van der Waals surface area (Å²) in [6, 6.07) is 25.5. The molecule has 1 aliphatic heterocycles. The van der Waals surface area contributed by atoms with Crippen LogP contribution in [0.1, 0.15) is 22.3 Å². The van der Waals surface area contributed by atoms with E-state index >= 15 is 0 Å². The zero-order chi connectivity index (χ0) is 28.5. The van der Waals surface area contributed by atoms with Gasteiger partial charge in [0, 0.05) is 17.7 Å². The summed E-state index contributed by atoms with van der Waals surface area (Å²) in [6.07, 6.45) is 0.700. The number of esters is 1. The Morgan fingerprint density at radius 2 is 1.73 bits per heavy atom. The zero-order valence-corrected chi connectivity index (χ0v) is 22.0. The number of piperazine rings is 1. The van der Waals surface area contributed by atoms with Crippen molar-refractivity contribution in [3.05, 3.63) is 114 Å². The maximum Gasteiger partial charge on any atom is 0.410 e. The van der Waals surface area contributed by atoms with Crippen LogP contribution < -0.4 is 0 Å². The second-order valence-electron chi connectivity index (χ2n) is 8.96. The lowest BCUT2D eigenvalue weighted by molar-refractivity contribution is -0.158. The van der Waals surface area contributed by atoms with Crippen molar-refractivity contribution in [1.29, 1.82) is 5.26 Å². The summed E-state index contributed by atoms with van der Waals surface area (Å²) in [5, 5.41) is 9.82. The molecule has 0 spiro atoms. The van der Waals surface area contributed by atoms with Crippen LogP contribution in [0, 0.1) is 11.3 Å². The minimum Gasteiger partial charge on any atom is -0.467 e. The van der Waals surface area contributed by atoms with Crippen LogP contribution >= 0.6 is 0 Å². The van der Waals surface area contributed by atoms with Crippen LogP contribution in [0.2, 0.25) is 0 Å². The lowest BCUT2D eigenvalue weighted by Gasteiger charge is -2.39. The second-order valence-corrected chi connectivity index (χ2v) is 8.96. The number of carbonyl (C=O) groups excluding carboxylic acids is 3. The molecule has 9 nitrogen and oxygen atoms in total. The van der Waals surface area contributed by atoms with Crippen molar-refractivity contribution in [3.8, 4) is 6.07 Å². The Hall–Kier alpha value is -5.23. The molecule has 0 aromatic heterocycles. The summed E-state index contributed by atoms with van der Waals surface area (Å²) in [5.41, 5.74) is 3.88. The van der Waals surface area contributed by atoms with Crippen LogP contribution in [0.25, 0.3) is 0 Å². The van der Waals surface area contributed by atoms with E-state index in [9.17, 15) is 19.6 Å². The van der Waals surface area contributed by atoms with Gasteiger partial charge in [-0.2, -0.15) is 5.26 Å². The van der Waals surface area contributed by atoms with Crippen molar-refractivity contribution in [2.24, 2.45) is 4.99 Å². The van der Waals surface area contributed by atoms with E-state index in [4.69, 9.17) is 14.5 Å². The van der Waals surface area contributed by atoms with E-state index in [-0.39, 0.29) is 26.2 Å². The first-order chi connectivity index (χ1) is 19.4. The summed E-state index contributed by atoms with van der Waals surface area (Å²) in [7, 11) is 1.23. The largest absolute Gasteiger partial charge is 0.467 e. The molecule has 0 N–H and O–H groups in total. The summed E-state index contributed by atoms with van der Waals surface area (Å²) in [5.74, 6) is -1.10. The number of amides is 2. The highest BCUT2D eigenvalue weighted by molar-refractivity contribution is 6.14. The fourth-order valence-electron chi connectivity index (χ4n) is 4.36. The summed E-state index contributed by atoms with van der Waals surface area (Å²) >= 11 is 0. The Bertz CT molecular complexity index is 1420. The number of aliphatic imine (C=N–C) groups is 1. The van der Waals surface area contributed by atoms with Crippen molar-refractivity contribution < 1.29 is 23.9 Å². The van der Waals surface area contributed by atoms with E-state index in [1.54, 1.807) is 18.2 Å². The van der Waals surface area contributed by atoms with Gasteiger partial charge < -0.3 is 14.4 Å². The molecule has 3 aromatic rings. The van der Waals surface area contributed by atoms with Gasteiger partial charge in [0.2, 0.25) is 5.91 Å². The Morgan fingerprint density at radius 1 is 1.07 bits per heavy atom. The standard InChI is InChI=1S/C31H28N4O5/c1-3-16-40-31(38)34-20-27(30(37)39-2)35(28(36)21-34)19-22-14-15-25(18-32)26(17-22)33-29(23-10-6-4-7-11-23)24-12-8-5-9-13-24/h3-15,17,27H,1,16,19-21H2,2H3. The number of nitrogens with zero attached hydrogens (tertiary/aromatic N) is 4. The highest BCUT2D eigenvalue weighted by atomic mass is 16.6. The van der Waals surface area contributed by atoms with Crippen LogP contribution in [-0.2, 0) is 25.6 Å². The van der Waals surface area contributed by atoms with E-state index in [0.29, 0.717) is 22.5 Å². The van der Waals surface area contributed by atoms with Gasteiger partial charge in [0.15, 0.2) is 0 Å². The third kappa shape index (κ3) is 6.42. The van der Waals surface area contributed by atoms with Gasteiger partial charge in [-0.1, -0.05) is 79.4 Å². The van der Waals surface area contributed by atoms with E-state index in [1.807, 2.05) is 60.7 Å². The van der Waals surface area contributed by atoms with Gasteiger partial charge in [-0.25, -0.2) is 14.6 Å². The highest BCUT2D eigenvalue weighted by Crippen LogP contribution is 2.26. The quantitative estimate of drug-likeness (QED) is 0.242. The van der Waals surface area contributed by atoms with E-state index in [1.165, 1.54) is 23.0 Å². The van der Waals surface area contributed by atoms with Gasteiger partial charge >= 0.3 is 12.1 Å². The zero-order valence-electron chi connectivity index (χ0n) is 22.0. The molecule has 9 heteroatoms. The van der Waals surface area contributed by atoms with E-state index < -0.39 is 24.0 Å². The molecule has 3 aromatic carbocycles. The topological polar surface area (TPSA) is 112 Å². The molecule has 1 atom stereocenters. The Kier molecular flexibility index (Phi) is 9.05. The number of methoxy groups -OCH3 is 1. The van der Waals surface area contributed by atoms with Crippen molar-refractivity contribution >= 4 is 29.4 Å². The molecule has 1 heterocycles. The normalized spacial score (nSPS) is 14.6. The van der Waals surface area contributed by atoms with Gasteiger partial charge in [0.1, 0.15) is 25.3 Å². The molecule has 202 valence electrons.